The molecule has 0 unspecified atom stereocenters. The van der Waals surface area contributed by atoms with Gasteiger partial charge in [-0.05, 0) is 19.4 Å². The number of hydrogen-bond donors (Lipinski definition) is 3. The van der Waals surface area contributed by atoms with Gasteiger partial charge in [0.2, 0.25) is 5.91 Å². The molecule has 2 rings (SSSR count). The monoisotopic (exact) mass is 400 g/mol. The number of fused-ring (bicyclic) bond motifs is 1. The summed E-state index contributed by atoms with van der Waals surface area (Å²) in [5, 5.41) is 13.8. The summed E-state index contributed by atoms with van der Waals surface area (Å²) in [4.78, 5) is 36.4. The van der Waals surface area contributed by atoms with Gasteiger partial charge in [-0.2, -0.15) is 18.3 Å². The molecule has 0 aliphatic heterocycles. The first-order valence-corrected chi connectivity index (χ1v) is 8.36. The highest BCUT2D eigenvalue weighted by atomic mass is 19.4. The summed E-state index contributed by atoms with van der Waals surface area (Å²) in [6.45, 7) is 2.52. The smallest absolute Gasteiger partial charge is 0.380 e. The average molecular weight is 400 g/mol. The Bertz CT molecular complexity index is 954. The number of rotatable bonds is 5. The molecule has 0 radical (unpaired) electrons. The maximum atomic E-state index is 12.6. The minimum Gasteiger partial charge on any atom is -0.380 e. The van der Waals surface area contributed by atoms with E-state index in [0.29, 0.717) is 13.3 Å². The highest BCUT2D eigenvalue weighted by molar-refractivity contribution is 6.05. The van der Waals surface area contributed by atoms with Crippen LogP contribution in [0.15, 0.2) is 29.1 Å². The third kappa shape index (κ3) is 4.47. The molecule has 1 atom stereocenters. The maximum absolute atomic E-state index is 12.6. The van der Waals surface area contributed by atoms with Crippen LogP contribution in [0.25, 0.3) is 10.8 Å². The van der Waals surface area contributed by atoms with E-state index in [1.807, 2.05) is 17.8 Å². The number of nitrogens with one attached hydrogen (secondary N) is 2. The third-order valence-electron chi connectivity index (χ3n) is 3.95. The Kier molecular flexibility index (Phi) is 6.07. The molecule has 1 aromatic carbocycles. The number of hydrazine groups is 1. The first-order valence-electron chi connectivity index (χ1n) is 8.36. The summed E-state index contributed by atoms with van der Waals surface area (Å²) in [6, 6.07) is 6.21. The summed E-state index contributed by atoms with van der Waals surface area (Å²) >= 11 is 0. The number of nitrogens with zero attached hydrogens (tertiary/aromatic N) is 2. The molecule has 1 aromatic heterocycles. The van der Waals surface area contributed by atoms with Crippen LogP contribution in [-0.2, 0) is 11.3 Å². The second kappa shape index (κ2) is 7.97. The van der Waals surface area contributed by atoms with Gasteiger partial charge in [-0.1, -0.05) is 25.1 Å². The number of benzene rings is 1. The van der Waals surface area contributed by atoms with Gasteiger partial charge < -0.3 is 5.11 Å². The number of aryl methyl sites for hydroxylation is 1. The van der Waals surface area contributed by atoms with Gasteiger partial charge in [0, 0.05) is 11.9 Å². The number of carbonyl (C=O) groups excluding carboxylic acids is 2. The summed E-state index contributed by atoms with van der Waals surface area (Å²) in [7, 11) is 0. The maximum Gasteiger partial charge on any atom is 0.417 e. The Hall–Kier alpha value is -2.95. The van der Waals surface area contributed by atoms with E-state index >= 15 is 0 Å². The average Bonchev–Trinajstić information content (AvgIpc) is 2.61. The topological polar surface area (TPSA) is 113 Å². The second-order valence-corrected chi connectivity index (χ2v) is 6.37. The van der Waals surface area contributed by atoms with Crippen molar-refractivity contribution in [2.75, 3.05) is 0 Å². The van der Waals surface area contributed by atoms with Gasteiger partial charge in [0.05, 0.1) is 11.8 Å². The van der Waals surface area contributed by atoms with Gasteiger partial charge in [-0.15, -0.1) is 0 Å². The molecule has 11 heteroatoms. The van der Waals surface area contributed by atoms with Crippen molar-refractivity contribution in [2.45, 2.75) is 45.0 Å². The predicted octanol–water partition coefficient (Wildman–Crippen LogP) is 1.27. The third-order valence-corrected chi connectivity index (χ3v) is 3.95. The molecule has 1 heterocycles. The fourth-order valence-electron chi connectivity index (χ4n) is 2.41. The molecule has 0 fully saturated rings. The fraction of sp³-hybridized carbons (Fsp3) is 0.412. The zero-order valence-corrected chi connectivity index (χ0v) is 15.1. The van der Waals surface area contributed by atoms with Gasteiger partial charge in [0.25, 0.3) is 11.5 Å². The summed E-state index contributed by atoms with van der Waals surface area (Å²) < 4.78 is 39.0. The van der Waals surface area contributed by atoms with Crippen LogP contribution in [0, 0.1) is 0 Å². The van der Waals surface area contributed by atoms with Gasteiger partial charge in [-0.3, -0.25) is 25.2 Å². The van der Waals surface area contributed by atoms with E-state index in [0.717, 1.165) is 4.68 Å². The molecule has 0 spiro atoms. The zero-order chi connectivity index (χ0) is 21.1. The van der Waals surface area contributed by atoms with Crippen LogP contribution in [0.3, 0.4) is 0 Å². The van der Waals surface area contributed by atoms with Crippen molar-refractivity contribution in [1.29, 1.82) is 0 Å². The second-order valence-electron chi connectivity index (χ2n) is 6.37. The molecule has 2 amide bonds. The number of hydrogen-bond acceptors (Lipinski definition) is 5. The number of halogens is 3. The molecule has 152 valence electrons. The molecule has 0 bridgehead atoms. The van der Waals surface area contributed by atoms with Gasteiger partial charge in [0.15, 0.2) is 11.3 Å². The molecule has 8 nitrogen and oxygen atoms in total. The molecule has 3 N–H and O–H groups in total. The van der Waals surface area contributed by atoms with E-state index in [4.69, 9.17) is 0 Å². The quantitative estimate of drug-likeness (QED) is 0.655. The molecule has 0 saturated heterocycles. The lowest BCUT2D eigenvalue weighted by Gasteiger charge is -2.25. The van der Waals surface area contributed by atoms with Crippen molar-refractivity contribution in [2.24, 2.45) is 0 Å². The lowest BCUT2D eigenvalue weighted by atomic mass is 10.0. The normalized spacial score (nSPS) is 13.8. The largest absolute Gasteiger partial charge is 0.417 e. The molecule has 0 aliphatic carbocycles. The molecule has 2 aromatic rings. The number of aromatic nitrogens is 2. The SMILES string of the molecule is CCCn1nc(C(=O)NNC(=O)C[C@](C)(O)C(F)(F)F)c2ccccc2c1=O. The summed E-state index contributed by atoms with van der Waals surface area (Å²) in [5.74, 6) is -2.16. The number of amides is 2. The number of aliphatic hydroxyl groups is 1. The Morgan fingerprint density at radius 3 is 2.36 bits per heavy atom. The van der Waals surface area contributed by atoms with Gasteiger partial charge in [0.1, 0.15) is 0 Å². The van der Waals surface area contributed by atoms with Crippen molar-refractivity contribution >= 4 is 22.6 Å². The minimum absolute atomic E-state index is 0.175. The van der Waals surface area contributed by atoms with Gasteiger partial charge >= 0.3 is 6.18 Å². The summed E-state index contributed by atoms with van der Waals surface area (Å²) in [5.41, 5.74) is -0.0401. The first-order chi connectivity index (χ1) is 13.0. The van der Waals surface area contributed by atoms with Crippen molar-refractivity contribution in [3.05, 3.63) is 40.3 Å². The highest BCUT2D eigenvalue weighted by Crippen LogP contribution is 2.32. The van der Waals surface area contributed by atoms with Crippen LogP contribution < -0.4 is 16.4 Å². The first kappa shape index (κ1) is 21.4. The highest BCUT2D eigenvalue weighted by Gasteiger charge is 2.51. The minimum atomic E-state index is -5.01. The molecule has 0 aliphatic rings. The zero-order valence-electron chi connectivity index (χ0n) is 15.1. The van der Waals surface area contributed by atoms with Crippen LogP contribution in [-0.4, -0.2) is 38.5 Å². The van der Waals surface area contributed by atoms with E-state index in [1.165, 1.54) is 12.1 Å². The van der Waals surface area contributed by atoms with E-state index in [1.54, 1.807) is 12.1 Å². The van der Waals surface area contributed by atoms with E-state index in [2.05, 4.69) is 5.10 Å². The van der Waals surface area contributed by atoms with Crippen LogP contribution in [0.1, 0.15) is 37.2 Å². The molecule has 28 heavy (non-hydrogen) atoms. The van der Waals surface area contributed by atoms with Crippen LogP contribution in [0.2, 0.25) is 0 Å². The Morgan fingerprint density at radius 2 is 1.79 bits per heavy atom. The van der Waals surface area contributed by atoms with E-state index in [-0.39, 0.29) is 28.6 Å². The van der Waals surface area contributed by atoms with E-state index in [9.17, 15) is 32.7 Å². The Morgan fingerprint density at radius 1 is 1.18 bits per heavy atom. The van der Waals surface area contributed by atoms with Crippen molar-refractivity contribution in [3.8, 4) is 0 Å². The van der Waals surface area contributed by atoms with Crippen LogP contribution in [0.5, 0.6) is 0 Å². The number of carbonyl (C=O) groups is 2. The molecular formula is C17H19F3N4O4. The van der Waals surface area contributed by atoms with Crippen molar-refractivity contribution < 1.29 is 27.9 Å². The van der Waals surface area contributed by atoms with Crippen molar-refractivity contribution in [1.82, 2.24) is 20.6 Å². The summed E-state index contributed by atoms with van der Waals surface area (Å²) in [6.07, 6.45) is -5.74. The predicted molar refractivity (Wildman–Crippen MR) is 93.2 cm³/mol. The van der Waals surface area contributed by atoms with Crippen molar-refractivity contribution in [3.63, 3.8) is 0 Å². The van der Waals surface area contributed by atoms with Crippen LogP contribution >= 0.6 is 0 Å². The standard InChI is InChI=1S/C17H19F3N4O4/c1-3-8-24-15(27)11-7-5-4-6-10(11)13(23-24)14(26)22-21-12(25)9-16(2,28)17(18,19)20/h4-7,28H,3,8-9H2,1-2H3,(H,21,25)(H,22,26)/t16-/m0/s1. The lowest BCUT2D eigenvalue weighted by molar-refractivity contribution is -0.253. The van der Waals surface area contributed by atoms with E-state index < -0.39 is 30.0 Å². The Labute approximate surface area is 157 Å². The lowest BCUT2D eigenvalue weighted by Crippen LogP contribution is -2.49. The fourth-order valence-corrected chi connectivity index (χ4v) is 2.41. The van der Waals surface area contributed by atoms with Gasteiger partial charge in [-0.25, -0.2) is 4.68 Å². The molecule has 0 saturated carbocycles. The molecular weight excluding hydrogens is 381 g/mol. The Balaban J connectivity index is 2.23. The van der Waals surface area contributed by atoms with Crippen LogP contribution in [0.4, 0.5) is 13.2 Å². The number of alkyl halides is 3.